The highest BCUT2D eigenvalue weighted by Crippen LogP contribution is 2.47. The Morgan fingerprint density at radius 1 is 1.27 bits per heavy atom. The van der Waals surface area contributed by atoms with Gasteiger partial charge in [0.05, 0.1) is 37.0 Å². The fraction of sp³-hybridized carbons (Fsp3) is 0.522. The lowest BCUT2D eigenvalue weighted by Gasteiger charge is -2.41. The van der Waals surface area contributed by atoms with Crippen LogP contribution in [0.4, 0.5) is 5.69 Å². The quantitative estimate of drug-likeness (QED) is 0.403. The lowest BCUT2D eigenvalue weighted by atomic mass is 9.63. The van der Waals surface area contributed by atoms with E-state index in [0.29, 0.717) is 43.0 Å². The highest BCUT2D eigenvalue weighted by Gasteiger charge is 2.48. The second-order valence-corrected chi connectivity index (χ2v) is 8.63. The van der Waals surface area contributed by atoms with E-state index in [4.69, 9.17) is 25.9 Å². The van der Waals surface area contributed by atoms with E-state index < -0.39 is 17.8 Å². The summed E-state index contributed by atoms with van der Waals surface area (Å²) in [7, 11) is 0. The van der Waals surface area contributed by atoms with E-state index in [1.807, 2.05) is 18.2 Å². The average Bonchev–Trinajstić information content (AvgIpc) is 2.66. The number of carbonyl (C=O) groups is 2. The van der Waals surface area contributed by atoms with E-state index >= 15 is 0 Å². The van der Waals surface area contributed by atoms with Crippen molar-refractivity contribution in [3.8, 4) is 0 Å². The van der Waals surface area contributed by atoms with Crippen molar-refractivity contribution in [2.75, 3.05) is 32.1 Å². The lowest BCUT2D eigenvalue weighted by molar-refractivity contribution is -0.139. The number of ether oxygens (including phenoxy) is 2. The predicted octanol–water partition coefficient (Wildman–Crippen LogP) is 2.60. The lowest BCUT2D eigenvalue weighted by Crippen LogP contribution is -2.44. The van der Waals surface area contributed by atoms with Gasteiger partial charge >= 0.3 is 5.97 Å². The summed E-state index contributed by atoms with van der Waals surface area (Å²) in [5.41, 5.74) is 14.5. The molecular weight excluding hydrogens is 382 g/mol. The molecule has 1 saturated carbocycles. The van der Waals surface area contributed by atoms with Gasteiger partial charge in [0.2, 0.25) is 0 Å². The van der Waals surface area contributed by atoms with E-state index in [-0.39, 0.29) is 24.4 Å². The Hall–Kier alpha value is -2.51. The van der Waals surface area contributed by atoms with Crippen molar-refractivity contribution in [2.24, 2.45) is 22.1 Å². The van der Waals surface area contributed by atoms with Crippen molar-refractivity contribution in [2.45, 2.75) is 39.5 Å². The Kier molecular flexibility index (Phi) is 6.73. The molecule has 1 aliphatic carbocycles. The van der Waals surface area contributed by atoms with Crippen LogP contribution in [0.2, 0.25) is 0 Å². The molecule has 4 N–H and O–H groups in total. The van der Waals surface area contributed by atoms with Crippen LogP contribution in [0.5, 0.6) is 0 Å². The zero-order chi connectivity index (χ0) is 21.9. The minimum atomic E-state index is -0.502. The second-order valence-electron chi connectivity index (χ2n) is 8.63. The minimum Gasteiger partial charge on any atom is -0.463 e. The van der Waals surface area contributed by atoms with Crippen molar-refractivity contribution >= 4 is 23.2 Å². The Morgan fingerprint density at radius 2 is 2.03 bits per heavy atom. The standard InChI is InChI=1S/C23H31N3O4/c1-4-30-22(28)21-17(13-29-9-8-24)26-16-11-23(2,3)12-18(27)20(16)19(21)14-6-5-7-15(25)10-14/h5-7,10,19-20H,4,8-9,11-13,24-25H2,1-3H3. The molecule has 0 spiro atoms. The number of ketones is 1. The van der Waals surface area contributed by atoms with Gasteiger partial charge in [-0.05, 0) is 36.5 Å². The molecule has 1 aromatic rings. The Morgan fingerprint density at radius 3 is 2.70 bits per heavy atom. The maximum Gasteiger partial charge on any atom is 0.336 e. The molecule has 162 valence electrons. The molecule has 2 unspecified atom stereocenters. The molecular formula is C23H31N3O4. The van der Waals surface area contributed by atoms with Crippen molar-refractivity contribution in [1.82, 2.24) is 0 Å². The first-order valence-electron chi connectivity index (χ1n) is 10.4. The number of nitrogens with zero attached hydrogens (tertiary/aromatic N) is 1. The van der Waals surface area contributed by atoms with Gasteiger partial charge in [-0.25, -0.2) is 4.79 Å². The summed E-state index contributed by atoms with van der Waals surface area (Å²) < 4.78 is 11.0. The molecule has 1 heterocycles. The maximum atomic E-state index is 13.3. The molecule has 1 fully saturated rings. The van der Waals surface area contributed by atoms with Crippen molar-refractivity contribution in [3.63, 3.8) is 0 Å². The zero-order valence-corrected chi connectivity index (χ0v) is 17.9. The van der Waals surface area contributed by atoms with Gasteiger partial charge in [-0.3, -0.25) is 9.79 Å². The Labute approximate surface area is 177 Å². The number of nitrogens with two attached hydrogens (primary N) is 2. The number of nitrogen functional groups attached to an aromatic ring is 1. The SMILES string of the molecule is CCOC(=O)C1=C(COCCN)N=C2CC(C)(C)CC(=O)C2C1c1cccc(N)c1. The number of benzene rings is 1. The number of Topliss-reactive ketones (excluding diaryl/α,β-unsaturated/α-hetero) is 1. The van der Waals surface area contributed by atoms with E-state index in [1.54, 1.807) is 13.0 Å². The third kappa shape index (κ3) is 4.63. The summed E-state index contributed by atoms with van der Waals surface area (Å²) in [5.74, 6) is -1.39. The highest BCUT2D eigenvalue weighted by atomic mass is 16.5. The Bertz CT molecular complexity index is 888. The van der Waals surface area contributed by atoms with Gasteiger partial charge in [0.15, 0.2) is 0 Å². The van der Waals surface area contributed by atoms with E-state index in [9.17, 15) is 9.59 Å². The first-order valence-corrected chi connectivity index (χ1v) is 10.4. The van der Waals surface area contributed by atoms with Crippen LogP contribution in [0.25, 0.3) is 0 Å². The minimum absolute atomic E-state index is 0.0844. The molecule has 1 aliphatic heterocycles. The zero-order valence-electron chi connectivity index (χ0n) is 17.9. The fourth-order valence-electron chi connectivity index (χ4n) is 4.42. The van der Waals surface area contributed by atoms with Crippen LogP contribution in [0.15, 0.2) is 40.5 Å². The van der Waals surface area contributed by atoms with Crippen LogP contribution < -0.4 is 11.5 Å². The molecule has 7 nitrogen and oxygen atoms in total. The van der Waals surface area contributed by atoms with Gasteiger partial charge in [0, 0.05) is 30.3 Å². The van der Waals surface area contributed by atoms with Crippen molar-refractivity contribution in [1.29, 1.82) is 0 Å². The van der Waals surface area contributed by atoms with Crippen LogP contribution in [-0.4, -0.2) is 43.8 Å². The van der Waals surface area contributed by atoms with E-state index in [1.165, 1.54) is 0 Å². The summed E-state index contributed by atoms with van der Waals surface area (Å²) in [5, 5.41) is 0. The predicted molar refractivity (Wildman–Crippen MR) is 116 cm³/mol. The first-order chi connectivity index (χ1) is 14.3. The molecule has 0 radical (unpaired) electrons. The number of esters is 1. The van der Waals surface area contributed by atoms with Gasteiger partial charge in [-0.15, -0.1) is 0 Å². The van der Waals surface area contributed by atoms with Gasteiger partial charge in [0.25, 0.3) is 0 Å². The van der Waals surface area contributed by atoms with Crippen LogP contribution in [-0.2, 0) is 19.1 Å². The van der Waals surface area contributed by atoms with E-state index in [2.05, 4.69) is 13.8 Å². The summed E-state index contributed by atoms with van der Waals surface area (Å²) in [6, 6.07) is 7.33. The van der Waals surface area contributed by atoms with Gasteiger partial charge < -0.3 is 20.9 Å². The molecule has 0 saturated heterocycles. The van der Waals surface area contributed by atoms with Gasteiger partial charge in [0.1, 0.15) is 5.78 Å². The number of carbonyl (C=O) groups excluding carboxylic acids is 2. The van der Waals surface area contributed by atoms with Gasteiger partial charge in [-0.2, -0.15) is 0 Å². The number of hydrogen-bond donors (Lipinski definition) is 2. The monoisotopic (exact) mass is 413 g/mol. The molecule has 1 aromatic carbocycles. The topological polar surface area (TPSA) is 117 Å². The molecule has 2 atom stereocenters. The molecule has 0 amide bonds. The maximum absolute atomic E-state index is 13.3. The summed E-state index contributed by atoms with van der Waals surface area (Å²) >= 11 is 0. The van der Waals surface area contributed by atoms with Gasteiger partial charge in [-0.1, -0.05) is 26.0 Å². The molecule has 2 aliphatic rings. The fourth-order valence-corrected chi connectivity index (χ4v) is 4.42. The average molecular weight is 414 g/mol. The first kappa shape index (κ1) is 22.2. The molecule has 30 heavy (non-hydrogen) atoms. The van der Waals surface area contributed by atoms with Crippen molar-refractivity contribution < 1.29 is 19.1 Å². The van der Waals surface area contributed by atoms with Crippen LogP contribution in [0.1, 0.15) is 45.1 Å². The number of hydrogen-bond acceptors (Lipinski definition) is 7. The number of fused-ring (bicyclic) bond motifs is 1. The van der Waals surface area contributed by atoms with Crippen LogP contribution in [0, 0.1) is 11.3 Å². The molecule has 0 aromatic heterocycles. The molecule has 7 heteroatoms. The largest absolute Gasteiger partial charge is 0.463 e. The third-order valence-corrected chi connectivity index (χ3v) is 5.52. The summed E-state index contributed by atoms with van der Waals surface area (Å²) in [6.45, 7) is 6.96. The number of rotatable bonds is 7. The van der Waals surface area contributed by atoms with E-state index in [0.717, 1.165) is 11.3 Å². The highest BCUT2D eigenvalue weighted by molar-refractivity contribution is 6.12. The summed E-state index contributed by atoms with van der Waals surface area (Å²) in [6.07, 6.45) is 1.11. The molecule has 0 bridgehead atoms. The Balaban J connectivity index is 2.18. The third-order valence-electron chi connectivity index (χ3n) is 5.52. The smallest absolute Gasteiger partial charge is 0.336 e. The second kappa shape index (κ2) is 9.10. The normalized spacial score (nSPS) is 23.1. The van der Waals surface area contributed by atoms with Crippen molar-refractivity contribution in [3.05, 3.63) is 41.1 Å². The number of anilines is 1. The number of aliphatic imine (C=N–C) groups is 1. The summed E-state index contributed by atoms with van der Waals surface area (Å²) in [4.78, 5) is 31.1. The molecule has 3 rings (SSSR count). The van der Waals surface area contributed by atoms with Crippen LogP contribution >= 0.6 is 0 Å². The van der Waals surface area contributed by atoms with Crippen LogP contribution in [0.3, 0.4) is 0 Å².